The van der Waals surface area contributed by atoms with Gasteiger partial charge < -0.3 is 31.8 Å². The van der Waals surface area contributed by atoms with Crippen molar-refractivity contribution in [1.29, 1.82) is 0 Å². The number of rotatable bonds is 8. The van der Waals surface area contributed by atoms with Crippen molar-refractivity contribution in [2.24, 2.45) is 5.92 Å². The number of hydrogen-bond donors (Lipinski definition) is 2. The number of halogens is 1. The summed E-state index contributed by atoms with van der Waals surface area (Å²) >= 11 is 1.15. The Hall–Kier alpha value is -2.43. The van der Waals surface area contributed by atoms with Gasteiger partial charge >= 0.3 is 0 Å². The molecule has 1 aromatic carbocycles. The molecule has 0 saturated carbocycles. The molecular formula is C32H50IN3O6. The summed E-state index contributed by atoms with van der Waals surface area (Å²) in [5, 5.41) is 13.7. The largest absolute Gasteiger partial charge is 0.493 e. The summed E-state index contributed by atoms with van der Waals surface area (Å²) in [5.41, 5.74) is 1.56. The molecule has 0 aliphatic carbocycles. The van der Waals surface area contributed by atoms with Crippen molar-refractivity contribution >= 4 is 23.0 Å². The Bertz CT molecular complexity index is 1130. The zero-order valence-electron chi connectivity index (χ0n) is 26.7. The maximum absolute atomic E-state index is 9.53. The molecule has 42 heavy (non-hydrogen) atoms. The smallest absolute Gasteiger partial charge is 0.210 e. The third-order valence-electron chi connectivity index (χ3n) is 5.68. The van der Waals surface area contributed by atoms with Crippen molar-refractivity contribution in [3.8, 4) is 17.6 Å². The van der Waals surface area contributed by atoms with Crippen LogP contribution in [0.5, 0.6) is 5.75 Å². The summed E-state index contributed by atoms with van der Waals surface area (Å²) in [6.45, 7) is 19.7. The predicted molar refractivity (Wildman–Crippen MR) is 176 cm³/mol. The maximum atomic E-state index is 9.53. The predicted octanol–water partition coefficient (Wildman–Crippen LogP) is 6.99. The van der Waals surface area contributed by atoms with Gasteiger partial charge in [0.2, 0.25) is 5.76 Å². The van der Waals surface area contributed by atoms with Crippen LogP contribution in [0.4, 0.5) is 0 Å². The zero-order chi connectivity index (χ0) is 32.0. The maximum Gasteiger partial charge on any atom is 0.210 e. The van der Waals surface area contributed by atoms with Gasteiger partial charge in [-0.2, -0.15) is 0 Å². The van der Waals surface area contributed by atoms with Crippen molar-refractivity contribution in [2.45, 2.75) is 87.0 Å². The number of imidazole rings is 1. The molecule has 0 spiro atoms. The SMILES string of the molecule is CC.CC.CC.CCc1nccn1C(CCO)c1cc(C#Cc2ccc(OCC3COC(C)(C)OC3)cc2)on1.OI. The normalized spacial score (nSPS) is 14.0. The molecule has 0 amide bonds. The molecule has 1 aliphatic rings. The molecule has 10 heteroatoms. The van der Waals surface area contributed by atoms with Crippen molar-refractivity contribution in [2.75, 3.05) is 26.4 Å². The number of ether oxygens (including phenoxy) is 3. The highest BCUT2D eigenvalue weighted by Gasteiger charge is 2.28. The second kappa shape index (κ2) is 23.1. The first-order chi connectivity index (χ1) is 20.5. The number of nitrogens with zero attached hydrogens (tertiary/aromatic N) is 3. The standard InChI is InChI=1S/C26H31N3O5.3C2H6.HIO/c1-4-25-27-12-13-29(25)24(11-14-30)23-15-22(34-28-23)10-7-19-5-8-21(9-6-19)31-16-20-17-32-26(2,3)33-18-20;4*1-2/h5-6,8-9,12-13,15,20,24,30H,4,11,14,16-18H2,1-3H3;3*1-2H3;2H. The average molecular weight is 700 g/mol. The number of aryl methyl sites for hydroxylation is 1. The first kappa shape index (κ1) is 39.6. The lowest BCUT2D eigenvalue weighted by molar-refractivity contribution is -0.264. The van der Waals surface area contributed by atoms with Gasteiger partial charge in [0.05, 0.1) is 25.9 Å². The Morgan fingerprint density at radius 3 is 2.24 bits per heavy atom. The molecular weight excluding hydrogens is 649 g/mol. The van der Waals surface area contributed by atoms with Crippen LogP contribution in [0.2, 0.25) is 0 Å². The van der Waals surface area contributed by atoms with Gasteiger partial charge in [0, 0.05) is 43.0 Å². The van der Waals surface area contributed by atoms with Crippen LogP contribution in [0, 0.1) is 17.8 Å². The third kappa shape index (κ3) is 13.3. The Balaban J connectivity index is 0.00000194. The zero-order valence-corrected chi connectivity index (χ0v) is 28.8. The Morgan fingerprint density at radius 1 is 1.05 bits per heavy atom. The van der Waals surface area contributed by atoms with E-state index < -0.39 is 5.79 Å². The lowest BCUT2D eigenvalue weighted by Crippen LogP contribution is -2.41. The van der Waals surface area contributed by atoms with E-state index in [1.54, 1.807) is 6.20 Å². The fourth-order valence-corrected chi connectivity index (χ4v) is 3.76. The lowest BCUT2D eigenvalue weighted by atomic mass is 10.1. The molecule has 4 rings (SSSR count). The van der Waals surface area contributed by atoms with Gasteiger partial charge in [0.15, 0.2) is 5.79 Å². The van der Waals surface area contributed by atoms with E-state index >= 15 is 0 Å². The molecule has 9 nitrogen and oxygen atoms in total. The molecule has 3 aromatic rings. The molecule has 236 valence electrons. The fourth-order valence-electron chi connectivity index (χ4n) is 3.76. The number of aromatic nitrogens is 3. The van der Waals surface area contributed by atoms with E-state index in [2.05, 4.69) is 22.0 Å². The van der Waals surface area contributed by atoms with Gasteiger partial charge in [0.25, 0.3) is 0 Å². The number of aliphatic hydroxyl groups is 1. The fraction of sp³-hybridized carbons (Fsp3) is 0.562. The van der Waals surface area contributed by atoms with E-state index in [-0.39, 0.29) is 18.6 Å². The topological polar surface area (TPSA) is 112 Å². The average Bonchev–Trinajstić information content (AvgIpc) is 3.73. The van der Waals surface area contributed by atoms with Gasteiger partial charge in [-0.1, -0.05) is 59.5 Å². The highest BCUT2D eigenvalue weighted by atomic mass is 127. The Morgan fingerprint density at radius 2 is 1.67 bits per heavy atom. The van der Waals surface area contributed by atoms with Gasteiger partial charge in [-0.25, -0.2) is 4.98 Å². The molecule has 1 saturated heterocycles. The van der Waals surface area contributed by atoms with Gasteiger partial charge in [0.1, 0.15) is 40.3 Å². The van der Waals surface area contributed by atoms with Gasteiger partial charge in [-0.15, -0.1) is 0 Å². The highest BCUT2D eigenvalue weighted by Crippen LogP contribution is 2.24. The molecule has 1 fully saturated rings. The van der Waals surface area contributed by atoms with Crippen LogP contribution in [-0.4, -0.2) is 55.5 Å². The monoisotopic (exact) mass is 699 g/mol. The third-order valence-corrected chi connectivity index (χ3v) is 5.68. The Kier molecular flexibility index (Phi) is 21.7. The van der Waals surface area contributed by atoms with Crippen molar-refractivity contribution in [1.82, 2.24) is 14.7 Å². The number of benzene rings is 1. The van der Waals surface area contributed by atoms with Crippen molar-refractivity contribution < 1.29 is 27.3 Å². The van der Waals surface area contributed by atoms with Crippen LogP contribution >= 0.6 is 23.0 Å². The number of hydrogen-bond acceptors (Lipinski definition) is 8. The van der Waals surface area contributed by atoms with E-state index in [9.17, 15) is 5.11 Å². The summed E-state index contributed by atoms with van der Waals surface area (Å²) in [7, 11) is 0. The minimum atomic E-state index is -0.515. The van der Waals surface area contributed by atoms with Crippen LogP contribution in [-0.2, 0) is 15.9 Å². The summed E-state index contributed by atoms with van der Waals surface area (Å²) in [6, 6.07) is 9.28. The molecule has 2 aromatic heterocycles. The quantitative estimate of drug-likeness (QED) is 0.191. The van der Waals surface area contributed by atoms with Crippen molar-refractivity contribution in [3.63, 3.8) is 0 Å². The molecule has 2 N–H and O–H groups in total. The van der Waals surface area contributed by atoms with E-state index in [1.165, 1.54) is 0 Å². The second-order valence-electron chi connectivity index (χ2n) is 8.72. The number of aliphatic hydroxyl groups excluding tert-OH is 1. The van der Waals surface area contributed by atoms with Crippen LogP contribution in [0.1, 0.15) is 97.6 Å². The first-order valence-corrected chi connectivity index (χ1v) is 15.7. The molecule has 1 unspecified atom stereocenters. The molecule has 1 aliphatic heterocycles. The molecule has 3 heterocycles. The van der Waals surface area contributed by atoms with E-state index in [1.807, 2.05) is 103 Å². The Labute approximate surface area is 266 Å². The minimum Gasteiger partial charge on any atom is -0.493 e. The summed E-state index contributed by atoms with van der Waals surface area (Å²) < 4.78 is 31.7. The van der Waals surface area contributed by atoms with Crippen LogP contribution in [0.25, 0.3) is 0 Å². The minimum absolute atomic E-state index is 0.0348. The first-order valence-electron chi connectivity index (χ1n) is 14.8. The van der Waals surface area contributed by atoms with E-state index in [4.69, 9.17) is 22.2 Å². The molecule has 0 radical (unpaired) electrons. The van der Waals surface area contributed by atoms with Crippen LogP contribution < -0.4 is 4.74 Å². The van der Waals surface area contributed by atoms with Crippen LogP contribution in [0.15, 0.2) is 47.2 Å². The molecule has 1 atom stereocenters. The van der Waals surface area contributed by atoms with Crippen LogP contribution in [0.3, 0.4) is 0 Å². The second-order valence-corrected chi connectivity index (χ2v) is 8.72. The summed E-state index contributed by atoms with van der Waals surface area (Å²) in [6.07, 6.45) is 4.97. The van der Waals surface area contributed by atoms with Crippen molar-refractivity contribution in [3.05, 3.63) is 65.6 Å². The molecule has 0 bridgehead atoms. The van der Waals surface area contributed by atoms with E-state index in [0.717, 1.165) is 46.6 Å². The van der Waals surface area contributed by atoms with Gasteiger partial charge in [-0.05, 0) is 50.5 Å². The van der Waals surface area contributed by atoms with E-state index in [0.29, 0.717) is 37.7 Å². The lowest BCUT2D eigenvalue weighted by Gasteiger charge is -2.34. The van der Waals surface area contributed by atoms with Gasteiger partial charge in [-0.3, -0.25) is 0 Å². The summed E-state index contributed by atoms with van der Waals surface area (Å²) in [4.78, 5) is 4.37. The highest BCUT2D eigenvalue weighted by molar-refractivity contribution is 14.1. The summed E-state index contributed by atoms with van der Waals surface area (Å²) in [5.74, 6) is 7.99.